The van der Waals surface area contributed by atoms with Crippen molar-refractivity contribution in [2.24, 2.45) is 0 Å². The van der Waals surface area contributed by atoms with E-state index in [9.17, 15) is 18.0 Å². The number of carbonyl (C=O) groups is 2. The number of sulfonamides is 1. The molecule has 2 amide bonds. The van der Waals surface area contributed by atoms with E-state index < -0.39 is 15.3 Å². The maximum Gasteiger partial charge on any atom is 0.238 e. The molecule has 3 rings (SSSR count). The van der Waals surface area contributed by atoms with E-state index in [0.29, 0.717) is 23.8 Å². The van der Waals surface area contributed by atoms with Crippen molar-refractivity contribution in [1.82, 2.24) is 9.21 Å². The molecular formula is C15H18ClN3O4S2. The summed E-state index contributed by atoms with van der Waals surface area (Å²) in [6.07, 6.45) is 1.24. The first-order valence-corrected chi connectivity index (χ1v) is 10.8. The fraction of sp³-hybridized carbons (Fsp3) is 0.467. The Morgan fingerprint density at radius 3 is 2.64 bits per heavy atom. The van der Waals surface area contributed by atoms with Crippen LogP contribution in [0.25, 0.3) is 0 Å². The van der Waals surface area contributed by atoms with Gasteiger partial charge in [0.1, 0.15) is 0 Å². The molecule has 2 heterocycles. The van der Waals surface area contributed by atoms with Crippen LogP contribution in [0.15, 0.2) is 23.1 Å². The predicted molar refractivity (Wildman–Crippen MR) is 97.3 cm³/mol. The lowest BCUT2D eigenvalue weighted by molar-refractivity contribution is -0.133. The van der Waals surface area contributed by atoms with Gasteiger partial charge in [-0.25, -0.2) is 8.42 Å². The van der Waals surface area contributed by atoms with Gasteiger partial charge in [0.25, 0.3) is 0 Å². The fourth-order valence-corrected chi connectivity index (χ4v) is 4.89. The standard InChI is InChI=1S/C15H18ClN3O4S2/c1-25(22,23)19-6-4-18(5-7-19)14(20)9-13-15(21)17-11-8-10(16)2-3-12(11)24-13/h2-3,8,13H,4-7,9H2,1H3,(H,17,21). The van der Waals surface area contributed by atoms with Crippen molar-refractivity contribution in [3.8, 4) is 0 Å². The molecule has 1 atom stereocenters. The van der Waals surface area contributed by atoms with Crippen molar-refractivity contribution in [3.05, 3.63) is 23.2 Å². The molecule has 1 aromatic rings. The number of piperazine rings is 1. The van der Waals surface area contributed by atoms with Gasteiger partial charge in [-0.05, 0) is 18.2 Å². The molecule has 2 aliphatic heterocycles. The van der Waals surface area contributed by atoms with Crippen molar-refractivity contribution >= 4 is 50.9 Å². The van der Waals surface area contributed by atoms with E-state index >= 15 is 0 Å². The van der Waals surface area contributed by atoms with E-state index in [0.717, 1.165) is 11.2 Å². The van der Waals surface area contributed by atoms with Gasteiger partial charge >= 0.3 is 0 Å². The van der Waals surface area contributed by atoms with Crippen LogP contribution in [0.3, 0.4) is 0 Å². The van der Waals surface area contributed by atoms with Gasteiger partial charge in [-0.3, -0.25) is 9.59 Å². The number of rotatable bonds is 3. The number of amides is 2. The number of carbonyl (C=O) groups excluding carboxylic acids is 2. The highest BCUT2D eigenvalue weighted by Gasteiger charge is 2.32. The summed E-state index contributed by atoms with van der Waals surface area (Å²) in [6.45, 7) is 1.26. The van der Waals surface area contributed by atoms with Crippen molar-refractivity contribution in [3.63, 3.8) is 0 Å². The number of anilines is 1. The Kier molecular flexibility index (Phi) is 5.29. The molecule has 0 aliphatic carbocycles. The summed E-state index contributed by atoms with van der Waals surface area (Å²) in [7, 11) is -3.23. The van der Waals surface area contributed by atoms with Crippen molar-refractivity contribution in [2.75, 3.05) is 37.8 Å². The van der Waals surface area contributed by atoms with Crippen LogP contribution in [-0.2, 0) is 19.6 Å². The average molecular weight is 404 g/mol. The quantitative estimate of drug-likeness (QED) is 0.820. The molecule has 0 bridgehead atoms. The number of nitrogens with zero attached hydrogens (tertiary/aromatic N) is 2. The second-order valence-electron chi connectivity index (χ2n) is 5.98. The van der Waals surface area contributed by atoms with Gasteiger partial charge in [0.05, 0.1) is 17.2 Å². The molecule has 0 saturated carbocycles. The third-order valence-electron chi connectivity index (χ3n) is 4.18. The summed E-state index contributed by atoms with van der Waals surface area (Å²) in [6, 6.07) is 5.25. The number of hydrogen-bond donors (Lipinski definition) is 1. The molecular weight excluding hydrogens is 386 g/mol. The first-order chi connectivity index (χ1) is 11.7. The predicted octanol–water partition coefficient (Wildman–Crippen LogP) is 1.25. The highest BCUT2D eigenvalue weighted by atomic mass is 35.5. The molecule has 25 heavy (non-hydrogen) atoms. The molecule has 1 fully saturated rings. The van der Waals surface area contributed by atoms with Crippen LogP contribution in [0.2, 0.25) is 5.02 Å². The summed E-state index contributed by atoms with van der Waals surface area (Å²) in [5, 5.41) is 2.82. The Morgan fingerprint density at radius 1 is 1.32 bits per heavy atom. The summed E-state index contributed by atoms with van der Waals surface area (Å²) in [5.41, 5.74) is 0.660. The molecule has 0 spiro atoms. The highest BCUT2D eigenvalue weighted by molar-refractivity contribution is 8.01. The van der Waals surface area contributed by atoms with Gasteiger partial charge in [-0.2, -0.15) is 4.31 Å². The smallest absolute Gasteiger partial charge is 0.238 e. The van der Waals surface area contributed by atoms with E-state index in [2.05, 4.69) is 5.32 Å². The largest absolute Gasteiger partial charge is 0.340 e. The van der Waals surface area contributed by atoms with E-state index in [1.807, 2.05) is 6.07 Å². The third kappa shape index (κ3) is 4.28. The Bertz CT molecular complexity index is 807. The molecule has 10 heteroatoms. The molecule has 1 saturated heterocycles. The van der Waals surface area contributed by atoms with Crippen LogP contribution in [-0.4, -0.2) is 67.1 Å². The lowest BCUT2D eigenvalue weighted by Gasteiger charge is -2.34. The maximum absolute atomic E-state index is 12.5. The van der Waals surface area contributed by atoms with Crippen LogP contribution in [0.1, 0.15) is 6.42 Å². The average Bonchev–Trinajstić information content (AvgIpc) is 2.55. The second-order valence-corrected chi connectivity index (χ2v) is 9.65. The normalized spacial score (nSPS) is 21.6. The van der Waals surface area contributed by atoms with Crippen LogP contribution in [0.5, 0.6) is 0 Å². The van der Waals surface area contributed by atoms with Gasteiger partial charge in [-0.1, -0.05) is 11.6 Å². The van der Waals surface area contributed by atoms with Crippen LogP contribution in [0.4, 0.5) is 5.69 Å². The minimum atomic E-state index is -3.23. The molecule has 0 radical (unpaired) electrons. The van der Waals surface area contributed by atoms with Crippen molar-refractivity contribution < 1.29 is 18.0 Å². The number of fused-ring (bicyclic) bond motifs is 1. The SMILES string of the molecule is CS(=O)(=O)N1CCN(C(=O)CC2Sc3ccc(Cl)cc3NC2=O)CC1. The zero-order valence-electron chi connectivity index (χ0n) is 13.6. The van der Waals surface area contributed by atoms with E-state index in [1.165, 1.54) is 16.1 Å². The zero-order chi connectivity index (χ0) is 18.2. The second kappa shape index (κ2) is 7.14. The van der Waals surface area contributed by atoms with E-state index in [-0.39, 0.29) is 31.3 Å². The molecule has 1 N–H and O–H groups in total. The van der Waals surface area contributed by atoms with Gasteiger partial charge in [0.2, 0.25) is 21.8 Å². The topological polar surface area (TPSA) is 86.8 Å². The number of benzene rings is 1. The number of halogens is 1. The molecule has 1 aromatic carbocycles. The first kappa shape index (κ1) is 18.5. The van der Waals surface area contributed by atoms with Crippen LogP contribution < -0.4 is 5.32 Å². The minimum absolute atomic E-state index is 0.0808. The molecule has 1 unspecified atom stereocenters. The van der Waals surface area contributed by atoms with Crippen molar-refractivity contribution in [2.45, 2.75) is 16.6 Å². The third-order valence-corrected chi connectivity index (χ3v) is 6.99. The number of hydrogen-bond acceptors (Lipinski definition) is 5. The molecule has 0 aromatic heterocycles. The summed E-state index contributed by atoms with van der Waals surface area (Å²) >= 11 is 7.27. The zero-order valence-corrected chi connectivity index (χ0v) is 16.0. The van der Waals surface area contributed by atoms with E-state index in [1.54, 1.807) is 17.0 Å². The van der Waals surface area contributed by atoms with Crippen molar-refractivity contribution in [1.29, 1.82) is 0 Å². The van der Waals surface area contributed by atoms with Gasteiger partial charge < -0.3 is 10.2 Å². The Balaban J connectivity index is 1.60. The lowest BCUT2D eigenvalue weighted by Crippen LogP contribution is -2.51. The Labute approximate surface area is 155 Å². The monoisotopic (exact) mass is 403 g/mol. The van der Waals surface area contributed by atoms with E-state index in [4.69, 9.17) is 11.6 Å². The van der Waals surface area contributed by atoms with Gasteiger partial charge in [0.15, 0.2) is 0 Å². The van der Waals surface area contributed by atoms with Crippen LogP contribution in [0, 0.1) is 0 Å². The lowest BCUT2D eigenvalue weighted by atomic mass is 10.2. The summed E-state index contributed by atoms with van der Waals surface area (Å²) in [5.74, 6) is -0.360. The Morgan fingerprint density at radius 2 is 2.00 bits per heavy atom. The highest BCUT2D eigenvalue weighted by Crippen LogP contribution is 2.38. The molecule has 136 valence electrons. The minimum Gasteiger partial charge on any atom is -0.340 e. The van der Waals surface area contributed by atoms with Gasteiger partial charge in [0, 0.05) is 42.5 Å². The number of thioether (sulfide) groups is 1. The maximum atomic E-state index is 12.5. The van der Waals surface area contributed by atoms with Crippen LogP contribution >= 0.6 is 23.4 Å². The van der Waals surface area contributed by atoms with Gasteiger partial charge in [-0.15, -0.1) is 11.8 Å². The first-order valence-electron chi connectivity index (χ1n) is 7.74. The number of nitrogens with one attached hydrogen (secondary N) is 1. The molecule has 2 aliphatic rings. The summed E-state index contributed by atoms with van der Waals surface area (Å²) in [4.78, 5) is 27.2. The fourth-order valence-electron chi connectivity index (χ4n) is 2.81. The summed E-state index contributed by atoms with van der Waals surface area (Å²) < 4.78 is 24.4. The Hall–Kier alpha value is -1.29. The molecule has 7 nitrogen and oxygen atoms in total.